The summed E-state index contributed by atoms with van der Waals surface area (Å²) >= 11 is 6.33. The van der Waals surface area contributed by atoms with Crippen LogP contribution in [0.15, 0.2) is 61.1 Å². The molecule has 0 aliphatic carbocycles. The molecule has 0 spiro atoms. The van der Waals surface area contributed by atoms with Gasteiger partial charge >= 0.3 is 6.03 Å². The summed E-state index contributed by atoms with van der Waals surface area (Å²) in [4.78, 5) is 32.2. The van der Waals surface area contributed by atoms with Crippen LogP contribution >= 0.6 is 11.6 Å². The summed E-state index contributed by atoms with van der Waals surface area (Å²) in [6, 6.07) is 12.9. The van der Waals surface area contributed by atoms with E-state index in [9.17, 15) is 9.59 Å². The van der Waals surface area contributed by atoms with Crippen LogP contribution in [0.1, 0.15) is 17.3 Å². The molecule has 9 heteroatoms. The van der Waals surface area contributed by atoms with Gasteiger partial charge in [0.25, 0.3) is 0 Å². The minimum atomic E-state index is -0.488. The average molecular weight is 436 g/mol. The number of halogens is 1. The highest BCUT2D eigenvalue weighted by Gasteiger charge is 2.12. The van der Waals surface area contributed by atoms with E-state index in [1.165, 1.54) is 13.3 Å². The molecule has 2 N–H and O–H groups in total. The third kappa shape index (κ3) is 4.49. The van der Waals surface area contributed by atoms with Crippen LogP contribution in [0.5, 0.6) is 11.6 Å². The molecule has 4 aromatic rings. The van der Waals surface area contributed by atoms with Gasteiger partial charge in [0.2, 0.25) is 5.88 Å². The highest BCUT2D eigenvalue weighted by Crippen LogP contribution is 2.31. The zero-order valence-electron chi connectivity index (χ0n) is 16.7. The Kier molecular flexibility index (Phi) is 5.55. The number of anilines is 2. The van der Waals surface area contributed by atoms with Gasteiger partial charge in [0, 0.05) is 30.6 Å². The van der Waals surface area contributed by atoms with Crippen molar-refractivity contribution in [3.05, 3.63) is 71.6 Å². The highest BCUT2D eigenvalue weighted by molar-refractivity contribution is 6.34. The fourth-order valence-electron chi connectivity index (χ4n) is 3.03. The normalized spacial score (nSPS) is 10.7. The number of rotatable bonds is 5. The number of carbonyl (C=O) groups excluding carboxylic acids is 2. The van der Waals surface area contributed by atoms with Gasteiger partial charge in [-0.1, -0.05) is 23.7 Å². The SMILES string of the molecule is CC(=O)c1cccc(NC(=O)Nc2ccc(Oc3ncnc4ccn(C)c34)cc2Cl)c1. The van der Waals surface area contributed by atoms with Gasteiger partial charge in [-0.2, -0.15) is 4.98 Å². The van der Waals surface area contributed by atoms with E-state index < -0.39 is 6.03 Å². The Hall–Kier alpha value is -3.91. The van der Waals surface area contributed by atoms with E-state index in [0.717, 1.165) is 11.0 Å². The van der Waals surface area contributed by atoms with Crippen molar-refractivity contribution in [1.29, 1.82) is 0 Å². The Morgan fingerprint density at radius 1 is 1.06 bits per heavy atom. The number of amides is 2. The van der Waals surface area contributed by atoms with Gasteiger partial charge in [0.15, 0.2) is 5.78 Å². The Morgan fingerprint density at radius 3 is 2.68 bits per heavy atom. The summed E-state index contributed by atoms with van der Waals surface area (Å²) < 4.78 is 7.75. The molecule has 0 saturated heterocycles. The van der Waals surface area contributed by atoms with Gasteiger partial charge in [0.05, 0.1) is 16.2 Å². The number of fused-ring (bicyclic) bond motifs is 1. The number of aryl methyl sites for hydroxylation is 1. The summed E-state index contributed by atoms with van der Waals surface area (Å²) in [6.07, 6.45) is 3.30. The van der Waals surface area contributed by atoms with Gasteiger partial charge in [-0.3, -0.25) is 4.79 Å². The smallest absolute Gasteiger partial charge is 0.323 e. The number of ketones is 1. The summed E-state index contributed by atoms with van der Waals surface area (Å²) in [6.45, 7) is 1.47. The van der Waals surface area contributed by atoms with Crippen molar-refractivity contribution in [2.45, 2.75) is 6.92 Å². The van der Waals surface area contributed by atoms with Crippen LogP contribution in [-0.2, 0) is 7.05 Å². The first-order valence-corrected chi connectivity index (χ1v) is 9.71. The van der Waals surface area contributed by atoms with Crippen molar-refractivity contribution < 1.29 is 14.3 Å². The third-order valence-electron chi connectivity index (χ3n) is 4.56. The predicted molar refractivity (Wildman–Crippen MR) is 119 cm³/mol. The van der Waals surface area contributed by atoms with Crippen LogP contribution in [0.3, 0.4) is 0 Å². The largest absolute Gasteiger partial charge is 0.437 e. The topological polar surface area (TPSA) is 98.1 Å². The maximum Gasteiger partial charge on any atom is 0.323 e. The molecule has 0 bridgehead atoms. The number of hydrogen-bond acceptors (Lipinski definition) is 5. The predicted octanol–water partition coefficient (Wildman–Crippen LogP) is 5.26. The second kappa shape index (κ2) is 8.45. The molecular formula is C22H18ClN5O3. The number of nitrogens with one attached hydrogen (secondary N) is 2. The van der Waals surface area contributed by atoms with Gasteiger partial charge < -0.3 is 19.9 Å². The van der Waals surface area contributed by atoms with Crippen molar-refractivity contribution in [1.82, 2.24) is 14.5 Å². The van der Waals surface area contributed by atoms with Gasteiger partial charge in [-0.05, 0) is 37.3 Å². The van der Waals surface area contributed by atoms with Crippen LogP contribution in [0, 0.1) is 0 Å². The summed E-state index contributed by atoms with van der Waals surface area (Å²) in [5, 5.41) is 5.65. The Labute approximate surface area is 182 Å². The first kappa shape index (κ1) is 20.4. The molecule has 2 aromatic carbocycles. The summed E-state index contributed by atoms with van der Waals surface area (Å²) in [5.41, 5.74) is 2.93. The molecule has 2 aromatic heterocycles. The fourth-order valence-corrected chi connectivity index (χ4v) is 3.25. The maximum absolute atomic E-state index is 12.3. The van der Waals surface area contributed by atoms with Crippen molar-refractivity contribution in [2.75, 3.05) is 10.6 Å². The van der Waals surface area contributed by atoms with E-state index in [1.54, 1.807) is 42.5 Å². The summed E-state index contributed by atoms with van der Waals surface area (Å²) in [7, 11) is 1.88. The molecule has 0 unspecified atom stereocenters. The molecule has 0 atom stereocenters. The second-order valence-electron chi connectivity index (χ2n) is 6.80. The van der Waals surface area contributed by atoms with E-state index in [1.807, 2.05) is 23.9 Å². The number of benzene rings is 2. The van der Waals surface area contributed by atoms with Crippen LogP contribution in [0.2, 0.25) is 5.02 Å². The lowest BCUT2D eigenvalue weighted by atomic mass is 10.1. The number of carbonyl (C=O) groups is 2. The molecule has 0 fully saturated rings. The van der Waals surface area contributed by atoms with Crippen molar-refractivity contribution in [2.24, 2.45) is 7.05 Å². The lowest BCUT2D eigenvalue weighted by Gasteiger charge is -2.12. The lowest BCUT2D eigenvalue weighted by molar-refractivity contribution is 0.101. The Morgan fingerprint density at radius 2 is 1.90 bits per heavy atom. The van der Waals surface area contributed by atoms with Crippen LogP contribution < -0.4 is 15.4 Å². The number of Topliss-reactive ketones (excluding diaryl/α,β-unsaturated/α-hetero) is 1. The average Bonchev–Trinajstić information content (AvgIpc) is 3.12. The monoisotopic (exact) mass is 435 g/mol. The quantitative estimate of drug-likeness (QED) is 0.416. The van der Waals surface area contributed by atoms with E-state index in [2.05, 4.69) is 20.6 Å². The van der Waals surface area contributed by atoms with Gasteiger partial charge in [-0.15, -0.1) is 0 Å². The molecule has 156 valence electrons. The molecule has 0 aliphatic heterocycles. The first-order chi connectivity index (χ1) is 14.9. The second-order valence-corrected chi connectivity index (χ2v) is 7.21. The number of hydrogen-bond donors (Lipinski definition) is 2. The zero-order valence-corrected chi connectivity index (χ0v) is 17.5. The molecule has 0 radical (unpaired) electrons. The van der Waals surface area contributed by atoms with E-state index >= 15 is 0 Å². The van der Waals surface area contributed by atoms with Gasteiger partial charge in [-0.25, -0.2) is 9.78 Å². The Balaban J connectivity index is 1.47. The molecule has 2 amide bonds. The van der Waals surface area contributed by atoms with Gasteiger partial charge in [0.1, 0.15) is 17.6 Å². The van der Waals surface area contributed by atoms with Crippen molar-refractivity contribution >= 4 is 45.8 Å². The zero-order chi connectivity index (χ0) is 22.0. The number of ether oxygens (including phenoxy) is 1. The number of urea groups is 1. The third-order valence-corrected chi connectivity index (χ3v) is 4.87. The van der Waals surface area contributed by atoms with Crippen LogP contribution in [0.25, 0.3) is 11.0 Å². The lowest BCUT2D eigenvalue weighted by Crippen LogP contribution is -2.19. The molecule has 0 saturated carbocycles. The molecule has 31 heavy (non-hydrogen) atoms. The molecule has 8 nitrogen and oxygen atoms in total. The minimum Gasteiger partial charge on any atom is -0.437 e. The van der Waals surface area contributed by atoms with Crippen LogP contribution in [-0.4, -0.2) is 26.3 Å². The molecular weight excluding hydrogens is 418 g/mol. The Bertz CT molecular complexity index is 1300. The summed E-state index contributed by atoms with van der Waals surface area (Å²) in [5.74, 6) is 0.780. The van der Waals surface area contributed by atoms with Crippen molar-refractivity contribution in [3.63, 3.8) is 0 Å². The number of nitrogens with zero attached hydrogens (tertiary/aromatic N) is 3. The molecule has 0 aliphatic rings. The standard InChI is InChI=1S/C22H18ClN5O3/c1-13(29)14-4-3-5-15(10-14)26-22(30)27-18-7-6-16(11-17(18)23)31-21-20-19(24-12-25-21)8-9-28(20)2/h3-12H,1-2H3,(H2,26,27,30). The number of aromatic nitrogens is 3. The van der Waals surface area contributed by atoms with E-state index in [4.69, 9.17) is 16.3 Å². The fraction of sp³-hybridized carbons (Fsp3) is 0.0909. The maximum atomic E-state index is 12.3. The van der Waals surface area contributed by atoms with Crippen LogP contribution in [0.4, 0.5) is 16.2 Å². The van der Waals surface area contributed by atoms with E-state index in [0.29, 0.717) is 33.6 Å². The van der Waals surface area contributed by atoms with E-state index in [-0.39, 0.29) is 5.78 Å². The molecule has 4 rings (SSSR count). The highest BCUT2D eigenvalue weighted by atomic mass is 35.5. The first-order valence-electron chi connectivity index (χ1n) is 9.33. The minimum absolute atomic E-state index is 0.0843. The molecule has 2 heterocycles. The van der Waals surface area contributed by atoms with Crippen molar-refractivity contribution in [3.8, 4) is 11.6 Å².